The van der Waals surface area contributed by atoms with Crippen molar-refractivity contribution in [3.8, 4) is 22.6 Å². The molecule has 0 atom stereocenters. The molecule has 0 saturated heterocycles. The molecule has 7 nitrogen and oxygen atoms in total. The van der Waals surface area contributed by atoms with Crippen molar-refractivity contribution >= 4 is 21.9 Å². The monoisotopic (exact) mass is 447 g/mol. The molecule has 0 bridgehead atoms. The van der Waals surface area contributed by atoms with Crippen molar-refractivity contribution < 1.29 is 13.5 Å². The molecule has 2 aromatic carbocycles. The second-order valence-corrected chi connectivity index (χ2v) is 8.27. The number of benzene rings is 2. The van der Waals surface area contributed by atoms with E-state index in [4.69, 9.17) is 0 Å². The number of hydrogen-bond acceptors (Lipinski definition) is 4. The largest absolute Gasteiger partial charge is 0.435 e. The first-order valence-electron chi connectivity index (χ1n) is 10.6. The van der Waals surface area contributed by atoms with E-state index in [1.54, 1.807) is 16.8 Å². The van der Waals surface area contributed by atoms with E-state index in [-0.39, 0.29) is 11.3 Å². The van der Waals surface area contributed by atoms with Gasteiger partial charge in [-0.05, 0) is 60.9 Å². The van der Waals surface area contributed by atoms with E-state index in [9.17, 15) is 13.6 Å². The molecule has 33 heavy (non-hydrogen) atoms. The van der Waals surface area contributed by atoms with Crippen molar-refractivity contribution in [2.24, 2.45) is 7.05 Å². The number of rotatable bonds is 5. The molecule has 1 aliphatic rings. The molecule has 166 valence electrons. The molecule has 0 amide bonds. The Morgan fingerprint density at radius 3 is 2.52 bits per heavy atom. The Kier molecular flexibility index (Phi) is 4.33. The zero-order valence-electron chi connectivity index (χ0n) is 17.7. The maximum absolute atomic E-state index is 13.7. The number of aryl methyl sites for hydroxylation is 1. The average Bonchev–Trinajstić information content (AvgIpc) is 3.44. The second-order valence-electron chi connectivity index (χ2n) is 8.27. The van der Waals surface area contributed by atoms with Crippen LogP contribution in [0.5, 0.6) is 5.75 Å². The fourth-order valence-electron chi connectivity index (χ4n) is 4.17. The van der Waals surface area contributed by atoms with Crippen molar-refractivity contribution in [2.75, 3.05) is 0 Å². The number of nitrogens with zero attached hydrogens (tertiary/aromatic N) is 5. The lowest BCUT2D eigenvalue weighted by molar-refractivity contribution is -0.0498. The van der Waals surface area contributed by atoms with Crippen LogP contribution in [0.3, 0.4) is 0 Å². The lowest BCUT2D eigenvalue weighted by atomic mass is 10.0. The van der Waals surface area contributed by atoms with Crippen LogP contribution in [0.15, 0.2) is 65.7 Å². The van der Waals surface area contributed by atoms with Gasteiger partial charge in [-0.25, -0.2) is 0 Å². The predicted octanol–water partition coefficient (Wildman–Crippen LogP) is 4.68. The SMILES string of the molecule is Cn1cc2cc(-c3cc4cn(C5CC5)nc4n(-c4ccc(OC(F)F)cc4)c3=O)ccc2n1. The Balaban J connectivity index is 1.56. The molecule has 9 heteroatoms. The van der Waals surface area contributed by atoms with E-state index >= 15 is 0 Å². The van der Waals surface area contributed by atoms with E-state index in [2.05, 4.69) is 14.9 Å². The van der Waals surface area contributed by atoms with E-state index < -0.39 is 6.61 Å². The van der Waals surface area contributed by atoms with Crippen LogP contribution < -0.4 is 10.3 Å². The van der Waals surface area contributed by atoms with Gasteiger partial charge < -0.3 is 4.74 Å². The van der Waals surface area contributed by atoms with E-state index in [1.807, 2.05) is 48.4 Å². The van der Waals surface area contributed by atoms with Crippen LogP contribution in [0.1, 0.15) is 18.9 Å². The highest BCUT2D eigenvalue weighted by atomic mass is 19.3. The van der Waals surface area contributed by atoms with Gasteiger partial charge >= 0.3 is 6.61 Å². The molecular weight excluding hydrogens is 428 g/mol. The summed E-state index contributed by atoms with van der Waals surface area (Å²) in [5, 5.41) is 10.8. The van der Waals surface area contributed by atoms with Crippen LogP contribution in [0.4, 0.5) is 8.78 Å². The highest BCUT2D eigenvalue weighted by Crippen LogP contribution is 2.36. The molecule has 6 rings (SSSR count). The molecule has 1 aliphatic carbocycles. The van der Waals surface area contributed by atoms with E-state index in [1.165, 1.54) is 16.7 Å². The Bertz CT molecular complexity index is 1560. The molecule has 0 radical (unpaired) electrons. The van der Waals surface area contributed by atoms with E-state index in [0.717, 1.165) is 34.7 Å². The number of pyridine rings is 1. The van der Waals surface area contributed by atoms with Crippen LogP contribution >= 0.6 is 0 Å². The van der Waals surface area contributed by atoms with Gasteiger partial charge in [0.15, 0.2) is 5.65 Å². The van der Waals surface area contributed by atoms with Crippen LogP contribution in [-0.2, 0) is 7.05 Å². The fourth-order valence-corrected chi connectivity index (χ4v) is 4.17. The summed E-state index contributed by atoms with van der Waals surface area (Å²) < 4.78 is 34.7. The number of hydrogen-bond donors (Lipinski definition) is 0. The molecule has 0 aliphatic heterocycles. The van der Waals surface area contributed by atoms with Crippen LogP contribution in [-0.4, -0.2) is 30.7 Å². The molecule has 1 saturated carbocycles. The van der Waals surface area contributed by atoms with Gasteiger partial charge in [-0.1, -0.05) is 6.07 Å². The maximum atomic E-state index is 13.7. The van der Waals surface area contributed by atoms with Crippen LogP contribution in [0, 0.1) is 0 Å². The number of aromatic nitrogens is 5. The third-order valence-electron chi connectivity index (χ3n) is 5.86. The van der Waals surface area contributed by atoms with Gasteiger partial charge in [-0.15, -0.1) is 0 Å². The standard InChI is InChI=1S/C24H19F2N5O2/c1-29-12-15-10-14(2-9-21(15)27-29)20-11-16-13-30(17-3-4-17)28-22(16)31(23(20)32)18-5-7-19(8-6-18)33-24(25)26/h2,5-13,17,24H,3-4H2,1H3. The summed E-state index contributed by atoms with van der Waals surface area (Å²) in [7, 11) is 1.85. The molecule has 0 unspecified atom stereocenters. The highest BCUT2D eigenvalue weighted by Gasteiger charge is 2.26. The van der Waals surface area contributed by atoms with Gasteiger partial charge in [-0.3, -0.25) is 18.7 Å². The maximum Gasteiger partial charge on any atom is 0.387 e. The third kappa shape index (κ3) is 3.45. The fraction of sp³-hybridized carbons (Fsp3) is 0.208. The molecule has 0 N–H and O–H groups in total. The molecule has 0 spiro atoms. The van der Waals surface area contributed by atoms with Crippen molar-refractivity contribution in [3.63, 3.8) is 0 Å². The quantitative estimate of drug-likeness (QED) is 0.393. The number of halogens is 2. The van der Waals surface area contributed by atoms with Gasteiger partial charge in [0.2, 0.25) is 0 Å². The van der Waals surface area contributed by atoms with Crippen molar-refractivity contribution in [1.82, 2.24) is 24.1 Å². The topological polar surface area (TPSA) is 66.9 Å². The second kappa shape index (κ2) is 7.26. The van der Waals surface area contributed by atoms with Crippen molar-refractivity contribution in [1.29, 1.82) is 0 Å². The minimum Gasteiger partial charge on any atom is -0.435 e. The summed E-state index contributed by atoms with van der Waals surface area (Å²) in [5.74, 6) is 0.0275. The molecule has 5 aromatic rings. The molecular formula is C24H19F2N5O2. The lowest BCUT2D eigenvalue weighted by Gasteiger charge is -2.11. The summed E-state index contributed by atoms with van der Waals surface area (Å²) in [6.07, 6.45) is 5.98. The Hall–Kier alpha value is -4.01. The van der Waals surface area contributed by atoms with Crippen LogP contribution in [0.2, 0.25) is 0 Å². The zero-order valence-corrected chi connectivity index (χ0v) is 17.7. The summed E-state index contributed by atoms with van der Waals surface area (Å²) in [6, 6.07) is 13.9. The zero-order chi connectivity index (χ0) is 22.7. The van der Waals surface area contributed by atoms with Crippen LogP contribution in [0.25, 0.3) is 38.8 Å². The van der Waals surface area contributed by atoms with E-state index in [0.29, 0.717) is 22.9 Å². The van der Waals surface area contributed by atoms with Gasteiger partial charge in [0.1, 0.15) is 5.75 Å². The van der Waals surface area contributed by atoms with Gasteiger partial charge in [0, 0.05) is 35.8 Å². The summed E-state index contributed by atoms with van der Waals surface area (Å²) in [5.41, 5.74) is 2.95. The van der Waals surface area contributed by atoms with Crippen molar-refractivity contribution in [3.05, 3.63) is 71.3 Å². The third-order valence-corrected chi connectivity index (χ3v) is 5.86. The highest BCUT2D eigenvalue weighted by molar-refractivity contribution is 5.87. The number of ether oxygens (including phenoxy) is 1. The summed E-state index contributed by atoms with van der Waals surface area (Å²) in [4.78, 5) is 13.7. The Labute approximate surface area is 186 Å². The number of fused-ring (bicyclic) bond motifs is 2. The first-order chi connectivity index (χ1) is 16.0. The summed E-state index contributed by atoms with van der Waals surface area (Å²) >= 11 is 0. The number of alkyl halides is 2. The Morgan fingerprint density at radius 2 is 1.79 bits per heavy atom. The predicted molar refractivity (Wildman–Crippen MR) is 120 cm³/mol. The minimum absolute atomic E-state index is 0.0275. The average molecular weight is 447 g/mol. The van der Waals surface area contributed by atoms with Crippen molar-refractivity contribution in [2.45, 2.75) is 25.5 Å². The molecule has 3 heterocycles. The Morgan fingerprint density at radius 1 is 1.00 bits per heavy atom. The van der Waals surface area contributed by atoms with Gasteiger partial charge in [0.05, 0.1) is 17.2 Å². The summed E-state index contributed by atoms with van der Waals surface area (Å²) in [6.45, 7) is -2.91. The molecule has 3 aromatic heterocycles. The first-order valence-corrected chi connectivity index (χ1v) is 10.6. The molecule has 1 fully saturated rings. The normalized spacial score (nSPS) is 13.9. The first kappa shape index (κ1) is 19.7. The minimum atomic E-state index is -2.91. The smallest absolute Gasteiger partial charge is 0.387 e. The van der Waals surface area contributed by atoms with Gasteiger partial charge in [-0.2, -0.15) is 19.0 Å². The lowest BCUT2D eigenvalue weighted by Crippen LogP contribution is -2.20. The van der Waals surface area contributed by atoms with Gasteiger partial charge in [0.25, 0.3) is 5.56 Å².